The van der Waals surface area contributed by atoms with Gasteiger partial charge in [-0.1, -0.05) is 39.8 Å². The van der Waals surface area contributed by atoms with Gasteiger partial charge in [0.15, 0.2) is 0 Å². The van der Waals surface area contributed by atoms with Gasteiger partial charge in [0.1, 0.15) is 5.01 Å². The van der Waals surface area contributed by atoms with Crippen LogP contribution in [0.15, 0.2) is 23.6 Å². The van der Waals surface area contributed by atoms with E-state index in [0.29, 0.717) is 5.92 Å². The van der Waals surface area contributed by atoms with Crippen LogP contribution in [0, 0.1) is 5.92 Å². The summed E-state index contributed by atoms with van der Waals surface area (Å²) in [5.74, 6) is 0.599. The first-order valence-electron chi connectivity index (χ1n) is 12.0. The van der Waals surface area contributed by atoms with Gasteiger partial charge in [0.25, 0.3) is 0 Å². The Bertz CT molecular complexity index is 883. The number of benzene rings is 1. The normalized spacial score (nSPS) is 21.6. The molecule has 1 aromatic heterocycles. The smallest absolute Gasteiger partial charge is 0.111 e. The van der Waals surface area contributed by atoms with E-state index in [2.05, 4.69) is 61.9 Å². The van der Waals surface area contributed by atoms with Crippen molar-refractivity contribution >= 4 is 11.3 Å². The Morgan fingerprint density at radius 3 is 2.55 bits per heavy atom. The molecule has 4 rings (SSSR count). The number of nitrogens with zero attached hydrogens (tertiary/aromatic N) is 1. The fraction of sp³-hybridized carbons (Fsp3) is 0.654. The Balaban J connectivity index is 1.62. The van der Waals surface area contributed by atoms with Crippen molar-refractivity contribution in [1.82, 2.24) is 15.6 Å². The Hall–Kier alpha value is -1.27. The summed E-state index contributed by atoms with van der Waals surface area (Å²) in [6, 6.07) is 7.32. The molecule has 170 valence electrons. The lowest BCUT2D eigenvalue weighted by atomic mass is 9.63. The van der Waals surface area contributed by atoms with E-state index >= 15 is 0 Å². The van der Waals surface area contributed by atoms with Crippen molar-refractivity contribution in [3.05, 3.63) is 39.7 Å². The molecule has 0 saturated carbocycles. The van der Waals surface area contributed by atoms with Gasteiger partial charge in [0, 0.05) is 17.6 Å². The van der Waals surface area contributed by atoms with Gasteiger partial charge in [-0.3, -0.25) is 0 Å². The zero-order valence-corrected chi connectivity index (χ0v) is 20.4. The van der Waals surface area contributed by atoms with Crippen LogP contribution in [-0.4, -0.2) is 36.3 Å². The minimum absolute atomic E-state index is 0.212. The molecule has 3 N–H and O–H groups in total. The molecule has 0 radical (unpaired) electrons. The molecule has 1 fully saturated rings. The molecule has 1 atom stereocenters. The highest BCUT2D eigenvalue weighted by Crippen LogP contribution is 2.47. The number of thiazole rings is 1. The van der Waals surface area contributed by atoms with Crippen molar-refractivity contribution in [1.29, 1.82) is 0 Å². The average molecular weight is 442 g/mol. The fourth-order valence-electron chi connectivity index (χ4n) is 5.28. The lowest BCUT2D eigenvalue weighted by molar-refractivity contribution is 0.257. The second kappa shape index (κ2) is 9.30. The highest BCUT2D eigenvalue weighted by molar-refractivity contribution is 7.10. The molecule has 1 saturated heterocycles. The summed E-state index contributed by atoms with van der Waals surface area (Å²) < 4.78 is 0. The maximum Gasteiger partial charge on any atom is 0.111 e. The predicted octanol–water partition coefficient (Wildman–Crippen LogP) is 5.17. The average Bonchev–Trinajstić information content (AvgIpc) is 3.25. The molecule has 31 heavy (non-hydrogen) atoms. The fourth-order valence-corrected chi connectivity index (χ4v) is 6.28. The van der Waals surface area contributed by atoms with Gasteiger partial charge >= 0.3 is 0 Å². The van der Waals surface area contributed by atoms with E-state index in [4.69, 9.17) is 4.98 Å². The molecule has 2 aliphatic rings. The van der Waals surface area contributed by atoms with E-state index in [0.717, 1.165) is 31.7 Å². The molecule has 0 spiro atoms. The molecular formula is C26H39N3OS. The molecule has 2 heterocycles. The standard InChI is InChI=1S/C26H39N3OS/c1-25(2)10-11-26(3,4)21-16-19(6-7-20(21)25)22-17-31-24(29-22)23(28-12-5-15-30)18-8-13-27-14-9-18/h6-7,16-18,23,27-28,30H,5,8-15H2,1-4H3. The first-order chi connectivity index (χ1) is 14.8. The molecule has 5 heteroatoms. The molecule has 0 bridgehead atoms. The number of rotatable bonds is 7. The largest absolute Gasteiger partial charge is 0.396 e. The van der Waals surface area contributed by atoms with Gasteiger partial charge in [-0.15, -0.1) is 11.3 Å². The summed E-state index contributed by atoms with van der Waals surface area (Å²) in [6.45, 7) is 12.8. The van der Waals surface area contributed by atoms with E-state index in [9.17, 15) is 5.11 Å². The first-order valence-corrected chi connectivity index (χ1v) is 12.9. The van der Waals surface area contributed by atoms with Crippen LogP contribution in [0.4, 0.5) is 0 Å². The van der Waals surface area contributed by atoms with Gasteiger partial charge in [-0.05, 0) is 85.7 Å². The third-order valence-corrected chi connectivity index (χ3v) is 8.42. The van der Waals surface area contributed by atoms with Crippen LogP contribution in [-0.2, 0) is 10.8 Å². The van der Waals surface area contributed by atoms with Crippen LogP contribution in [0.1, 0.15) is 82.0 Å². The maximum absolute atomic E-state index is 9.23. The molecule has 1 aliphatic heterocycles. The minimum atomic E-state index is 0.212. The maximum atomic E-state index is 9.23. The number of fused-ring (bicyclic) bond motifs is 1. The predicted molar refractivity (Wildman–Crippen MR) is 131 cm³/mol. The second-order valence-corrected chi connectivity index (χ2v) is 11.6. The number of nitrogens with one attached hydrogen (secondary N) is 2. The van der Waals surface area contributed by atoms with Crippen LogP contribution in [0.25, 0.3) is 11.3 Å². The summed E-state index contributed by atoms with van der Waals surface area (Å²) in [5, 5.41) is 19.8. The van der Waals surface area contributed by atoms with E-state index in [1.54, 1.807) is 11.3 Å². The topological polar surface area (TPSA) is 57.2 Å². The van der Waals surface area contributed by atoms with E-state index in [-0.39, 0.29) is 23.5 Å². The zero-order chi connectivity index (χ0) is 22.1. The van der Waals surface area contributed by atoms with Crippen LogP contribution >= 0.6 is 11.3 Å². The Labute approximate surface area is 191 Å². The highest BCUT2D eigenvalue weighted by atomic mass is 32.1. The lowest BCUT2D eigenvalue weighted by Gasteiger charge is -2.42. The van der Waals surface area contributed by atoms with Crippen LogP contribution in [0.3, 0.4) is 0 Å². The van der Waals surface area contributed by atoms with Crippen molar-refractivity contribution in [3.63, 3.8) is 0 Å². The molecule has 1 aliphatic carbocycles. The zero-order valence-electron chi connectivity index (χ0n) is 19.6. The van der Waals surface area contributed by atoms with Gasteiger partial charge in [0.2, 0.25) is 0 Å². The van der Waals surface area contributed by atoms with Crippen molar-refractivity contribution in [2.75, 3.05) is 26.2 Å². The van der Waals surface area contributed by atoms with Crippen molar-refractivity contribution in [3.8, 4) is 11.3 Å². The summed E-state index contributed by atoms with van der Waals surface area (Å²) in [5.41, 5.74) is 5.79. The monoisotopic (exact) mass is 441 g/mol. The number of aliphatic hydroxyl groups is 1. The quantitative estimate of drug-likeness (QED) is 0.519. The van der Waals surface area contributed by atoms with E-state index < -0.39 is 0 Å². The first kappa shape index (κ1) is 22.9. The molecule has 2 aromatic rings. The highest BCUT2D eigenvalue weighted by Gasteiger charge is 2.37. The third-order valence-electron chi connectivity index (χ3n) is 7.49. The van der Waals surface area contributed by atoms with Gasteiger partial charge in [0.05, 0.1) is 11.7 Å². The van der Waals surface area contributed by atoms with Gasteiger partial charge in [-0.2, -0.15) is 0 Å². The van der Waals surface area contributed by atoms with E-state index in [1.807, 2.05) is 0 Å². The minimum Gasteiger partial charge on any atom is -0.396 e. The van der Waals surface area contributed by atoms with Crippen molar-refractivity contribution in [2.24, 2.45) is 5.92 Å². The molecule has 1 aromatic carbocycles. The van der Waals surface area contributed by atoms with Crippen LogP contribution in [0.2, 0.25) is 0 Å². The Morgan fingerprint density at radius 2 is 1.84 bits per heavy atom. The van der Waals surface area contributed by atoms with Crippen molar-refractivity contribution < 1.29 is 5.11 Å². The molecular weight excluding hydrogens is 402 g/mol. The molecule has 4 nitrogen and oxygen atoms in total. The third kappa shape index (κ3) is 4.90. The van der Waals surface area contributed by atoms with Crippen molar-refractivity contribution in [2.45, 2.75) is 76.7 Å². The second-order valence-electron chi connectivity index (χ2n) is 10.7. The number of hydrogen-bond donors (Lipinski definition) is 3. The van der Waals surface area contributed by atoms with Gasteiger partial charge < -0.3 is 15.7 Å². The van der Waals surface area contributed by atoms with E-state index in [1.165, 1.54) is 47.4 Å². The molecule has 0 amide bonds. The number of piperidine rings is 1. The number of aliphatic hydroxyl groups excluding tert-OH is 1. The number of aromatic nitrogens is 1. The Morgan fingerprint density at radius 1 is 1.13 bits per heavy atom. The SMILES string of the molecule is CC1(C)CCC(C)(C)c2cc(-c3csc(C(NCCCO)C4CCNCC4)n3)ccc21. The summed E-state index contributed by atoms with van der Waals surface area (Å²) in [7, 11) is 0. The Kier molecular flexibility index (Phi) is 6.87. The summed E-state index contributed by atoms with van der Waals surface area (Å²) in [4.78, 5) is 5.14. The van der Waals surface area contributed by atoms with Crippen LogP contribution in [0.5, 0.6) is 0 Å². The lowest BCUT2D eigenvalue weighted by Crippen LogP contribution is -2.36. The molecule has 1 unspecified atom stereocenters. The van der Waals surface area contributed by atoms with Gasteiger partial charge in [-0.25, -0.2) is 4.98 Å². The summed E-state index contributed by atoms with van der Waals surface area (Å²) in [6.07, 6.45) is 5.60. The van der Waals surface area contributed by atoms with Crippen LogP contribution < -0.4 is 10.6 Å². The number of hydrogen-bond acceptors (Lipinski definition) is 5. The summed E-state index contributed by atoms with van der Waals surface area (Å²) >= 11 is 1.78.